The lowest BCUT2D eigenvalue weighted by molar-refractivity contribution is -0.275. The van der Waals surface area contributed by atoms with E-state index in [-0.39, 0.29) is 30.3 Å². The molecule has 0 bridgehead atoms. The lowest BCUT2D eigenvalue weighted by Crippen LogP contribution is -2.44. The first-order chi connectivity index (χ1) is 11.6. The number of carbonyl (C=O) groups excluding carboxylic acids is 2. The number of carbonyl (C=O) groups is 2. The predicted octanol–water partition coefficient (Wildman–Crippen LogP) is 2.50. The lowest BCUT2D eigenvalue weighted by atomic mass is 10.2. The highest BCUT2D eigenvalue weighted by atomic mass is 19.4. The Morgan fingerprint density at radius 3 is 2.48 bits per heavy atom. The van der Waals surface area contributed by atoms with E-state index in [0.717, 1.165) is 0 Å². The Hall–Kier alpha value is -2.29. The molecule has 0 fully saturated rings. The minimum absolute atomic E-state index is 0.0489. The monoisotopic (exact) mass is 361 g/mol. The smallest absolute Gasteiger partial charge is 0.405 e. The van der Waals surface area contributed by atoms with Crippen molar-refractivity contribution >= 4 is 11.9 Å². The number of nitrogens with zero attached hydrogens (tertiary/aromatic N) is 1. The molecule has 3 amide bonds. The molecular weight excluding hydrogens is 339 g/mol. The van der Waals surface area contributed by atoms with Crippen molar-refractivity contribution in [2.75, 3.05) is 20.1 Å². The summed E-state index contributed by atoms with van der Waals surface area (Å²) in [5.74, 6) is -0.636. The van der Waals surface area contributed by atoms with Gasteiger partial charge in [0.25, 0.3) is 0 Å². The Bertz CT molecular complexity index is 591. The lowest BCUT2D eigenvalue weighted by Gasteiger charge is -2.19. The normalized spacial score (nSPS) is 11.5. The molecule has 2 N–H and O–H groups in total. The van der Waals surface area contributed by atoms with Crippen LogP contribution < -0.4 is 15.4 Å². The molecule has 0 saturated carbocycles. The molecule has 1 aromatic carbocycles. The van der Waals surface area contributed by atoms with E-state index in [2.05, 4.69) is 15.4 Å². The molecule has 0 unspecified atom stereocenters. The zero-order chi connectivity index (χ0) is 19.0. The third-order valence-electron chi connectivity index (χ3n) is 2.98. The molecule has 6 nitrogen and oxygen atoms in total. The fourth-order valence-electron chi connectivity index (χ4n) is 1.96. The van der Waals surface area contributed by atoms with Crippen molar-refractivity contribution < 1.29 is 27.5 Å². The second-order valence-corrected chi connectivity index (χ2v) is 5.98. The first-order valence-corrected chi connectivity index (χ1v) is 7.66. The molecule has 1 rings (SSSR count). The summed E-state index contributed by atoms with van der Waals surface area (Å²) in [5.41, 5.74) is 0.277. The molecule has 0 saturated heterocycles. The van der Waals surface area contributed by atoms with Gasteiger partial charge in [-0.3, -0.25) is 15.0 Å². The highest BCUT2D eigenvalue weighted by Crippen LogP contribution is 2.26. The summed E-state index contributed by atoms with van der Waals surface area (Å²) in [6.45, 7) is 4.15. The number of ether oxygens (including phenoxy) is 1. The van der Waals surface area contributed by atoms with Gasteiger partial charge in [0.2, 0.25) is 5.91 Å². The number of amides is 3. The van der Waals surface area contributed by atoms with Crippen molar-refractivity contribution in [1.82, 2.24) is 15.5 Å². The zero-order valence-electron chi connectivity index (χ0n) is 14.3. The van der Waals surface area contributed by atoms with E-state index in [1.54, 1.807) is 13.1 Å². The van der Waals surface area contributed by atoms with Crippen LogP contribution in [0.25, 0.3) is 0 Å². The van der Waals surface area contributed by atoms with Crippen LogP contribution in [-0.4, -0.2) is 43.3 Å². The number of imide groups is 1. The maximum absolute atomic E-state index is 12.4. The number of nitrogens with one attached hydrogen (secondary N) is 2. The SMILES string of the molecule is CC(C)CNC(=O)NC(=O)CN(C)Cc1ccccc1OC(F)(F)F. The molecule has 1 aromatic rings. The Labute approximate surface area is 144 Å². The standard InChI is InChI=1S/C16H22F3N3O3/c1-11(2)8-20-15(24)21-14(23)10-22(3)9-12-6-4-5-7-13(12)25-16(17,18)19/h4-7,11H,8-10H2,1-3H3,(H2,20,21,23,24). The molecular formula is C16H22F3N3O3. The quantitative estimate of drug-likeness (QED) is 0.783. The second kappa shape index (κ2) is 9.26. The van der Waals surface area contributed by atoms with E-state index in [9.17, 15) is 22.8 Å². The van der Waals surface area contributed by atoms with E-state index >= 15 is 0 Å². The molecule has 140 valence electrons. The number of rotatable bonds is 7. The average Bonchev–Trinajstić information content (AvgIpc) is 2.45. The highest BCUT2D eigenvalue weighted by molar-refractivity contribution is 5.95. The number of hydrogen-bond donors (Lipinski definition) is 2. The molecule has 25 heavy (non-hydrogen) atoms. The van der Waals surface area contributed by atoms with Gasteiger partial charge in [0.1, 0.15) is 5.75 Å². The van der Waals surface area contributed by atoms with Crippen molar-refractivity contribution in [1.29, 1.82) is 0 Å². The van der Waals surface area contributed by atoms with Crippen LogP contribution in [0.3, 0.4) is 0 Å². The summed E-state index contributed by atoms with van der Waals surface area (Å²) in [5, 5.41) is 4.70. The predicted molar refractivity (Wildman–Crippen MR) is 85.8 cm³/mol. The van der Waals surface area contributed by atoms with Crippen LogP contribution in [0.5, 0.6) is 5.75 Å². The molecule has 0 aliphatic carbocycles. The Kier molecular flexibility index (Phi) is 7.69. The van der Waals surface area contributed by atoms with Crippen molar-refractivity contribution in [3.05, 3.63) is 29.8 Å². The minimum Gasteiger partial charge on any atom is -0.405 e. The van der Waals surface area contributed by atoms with E-state index < -0.39 is 18.3 Å². The van der Waals surface area contributed by atoms with E-state index in [0.29, 0.717) is 6.54 Å². The number of halogens is 3. The molecule has 0 aromatic heterocycles. The average molecular weight is 361 g/mol. The van der Waals surface area contributed by atoms with Crippen LogP contribution >= 0.6 is 0 Å². The molecule has 0 aliphatic rings. The number of hydrogen-bond acceptors (Lipinski definition) is 4. The van der Waals surface area contributed by atoms with Crippen LogP contribution in [0.1, 0.15) is 19.4 Å². The topological polar surface area (TPSA) is 70.7 Å². The van der Waals surface area contributed by atoms with Crippen molar-refractivity contribution in [3.8, 4) is 5.75 Å². The fraction of sp³-hybridized carbons (Fsp3) is 0.500. The third kappa shape index (κ3) is 8.94. The van der Waals surface area contributed by atoms with Gasteiger partial charge in [0.05, 0.1) is 6.54 Å². The van der Waals surface area contributed by atoms with Gasteiger partial charge in [0, 0.05) is 18.7 Å². The first-order valence-electron chi connectivity index (χ1n) is 7.66. The molecule has 0 heterocycles. The Morgan fingerprint density at radius 2 is 1.88 bits per heavy atom. The summed E-state index contributed by atoms with van der Waals surface area (Å²) in [4.78, 5) is 24.8. The zero-order valence-corrected chi connectivity index (χ0v) is 14.3. The maximum atomic E-state index is 12.4. The number of para-hydroxylation sites is 1. The number of alkyl halides is 3. The molecule has 0 aliphatic heterocycles. The van der Waals surface area contributed by atoms with Crippen LogP contribution in [0.2, 0.25) is 0 Å². The van der Waals surface area contributed by atoms with Crippen LogP contribution in [0, 0.1) is 5.92 Å². The van der Waals surface area contributed by atoms with E-state index in [1.165, 1.54) is 23.1 Å². The molecule has 0 spiro atoms. The van der Waals surface area contributed by atoms with Gasteiger partial charge in [-0.1, -0.05) is 32.0 Å². The molecule has 9 heteroatoms. The Morgan fingerprint density at radius 1 is 1.24 bits per heavy atom. The summed E-state index contributed by atoms with van der Waals surface area (Å²) >= 11 is 0. The summed E-state index contributed by atoms with van der Waals surface area (Å²) in [6.07, 6.45) is -4.79. The van der Waals surface area contributed by atoms with Crippen LogP contribution in [-0.2, 0) is 11.3 Å². The maximum Gasteiger partial charge on any atom is 0.573 e. The van der Waals surface area contributed by atoms with E-state index in [4.69, 9.17) is 0 Å². The summed E-state index contributed by atoms with van der Waals surface area (Å²) < 4.78 is 41.2. The first kappa shape index (κ1) is 20.8. The highest BCUT2D eigenvalue weighted by Gasteiger charge is 2.32. The molecule has 0 radical (unpaired) electrons. The number of benzene rings is 1. The Balaban J connectivity index is 2.55. The summed E-state index contributed by atoms with van der Waals surface area (Å²) in [7, 11) is 1.55. The molecule has 0 atom stereocenters. The van der Waals surface area contributed by atoms with Crippen molar-refractivity contribution in [3.63, 3.8) is 0 Å². The van der Waals surface area contributed by atoms with Gasteiger partial charge >= 0.3 is 12.4 Å². The summed E-state index contributed by atoms with van der Waals surface area (Å²) in [6, 6.07) is 5.08. The van der Waals surface area contributed by atoms with Gasteiger partial charge in [-0.15, -0.1) is 13.2 Å². The van der Waals surface area contributed by atoms with Crippen LogP contribution in [0.15, 0.2) is 24.3 Å². The number of urea groups is 1. The van der Waals surface area contributed by atoms with Gasteiger partial charge < -0.3 is 10.1 Å². The van der Waals surface area contributed by atoms with Gasteiger partial charge in [0.15, 0.2) is 0 Å². The minimum atomic E-state index is -4.79. The van der Waals surface area contributed by atoms with Crippen LogP contribution in [0.4, 0.5) is 18.0 Å². The van der Waals surface area contributed by atoms with Gasteiger partial charge in [-0.2, -0.15) is 0 Å². The third-order valence-corrected chi connectivity index (χ3v) is 2.98. The fourth-order valence-corrected chi connectivity index (χ4v) is 1.96. The number of likely N-dealkylation sites (N-methyl/N-ethyl adjacent to an activating group) is 1. The van der Waals surface area contributed by atoms with Gasteiger partial charge in [-0.25, -0.2) is 4.79 Å². The van der Waals surface area contributed by atoms with Gasteiger partial charge in [-0.05, 0) is 19.0 Å². The van der Waals surface area contributed by atoms with E-state index in [1.807, 2.05) is 13.8 Å². The second-order valence-electron chi connectivity index (χ2n) is 5.98. The van der Waals surface area contributed by atoms with Crippen molar-refractivity contribution in [2.24, 2.45) is 5.92 Å². The van der Waals surface area contributed by atoms with Crippen molar-refractivity contribution in [2.45, 2.75) is 26.8 Å². The largest absolute Gasteiger partial charge is 0.573 e.